The van der Waals surface area contributed by atoms with Crippen LogP contribution in [0.2, 0.25) is 0 Å². The Morgan fingerprint density at radius 1 is 1.35 bits per heavy atom. The lowest BCUT2D eigenvalue weighted by molar-refractivity contribution is -0.123. The Balaban J connectivity index is 1.60. The maximum Gasteiger partial charge on any atom is 0.237 e. The molecule has 1 aromatic heterocycles. The minimum absolute atomic E-state index is 0.0693. The molecule has 2 N–H and O–H groups in total. The highest BCUT2D eigenvalue weighted by Gasteiger charge is 2.23. The van der Waals surface area contributed by atoms with E-state index in [-0.39, 0.29) is 11.9 Å². The number of thiophene rings is 1. The minimum Gasteiger partial charge on any atom is -0.350 e. The monoisotopic (exact) mass is 350 g/mol. The van der Waals surface area contributed by atoms with Crippen molar-refractivity contribution in [1.29, 1.82) is 0 Å². The van der Waals surface area contributed by atoms with E-state index in [4.69, 9.17) is 0 Å². The van der Waals surface area contributed by atoms with Crippen LogP contribution in [0.3, 0.4) is 0 Å². The highest BCUT2D eigenvalue weighted by Crippen LogP contribution is 2.22. The molecule has 1 aromatic carbocycles. The maximum absolute atomic E-state index is 12.2. The molecule has 20 heavy (non-hydrogen) atoms. The van der Waals surface area contributed by atoms with Crippen molar-refractivity contribution in [3.63, 3.8) is 0 Å². The molecule has 3 rings (SSSR count). The molecule has 104 valence electrons. The van der Waals surface area contributed by atoms with Gasteiger partial charge in [-0.2, -0.15) is 0 Å². The summed E-state index contributed by atoms with van der Waals surface area (Å²) in [5.41, 5.74) is 2.56. The normalized spacial score (nSPS) is 17.6. The van der Waals surface area contributed by atoms with Crippen LogP contribution in [0, 0.1) is 0 Å². The Morgan fingerprint density at radius 2 is 2.15 bits per heavy atom. The van der Waals surface area contributed by atoms with Crippen molar-refractivity contribution in [2.75, 3.05) is 0 Å². The Bertz CT molecular complexity index is 626. The van der Waals surface area contributed by atoms with Gasteiger partial charge < -0.3 is 10.6 Å². The molecule has 5 heteroatoms. The number of amides is 1. The molecule has 2 heterocycles. The van der Waals surface area contributed by atoms with E-state index in [0.29, 0.717) is 6.54 Å². The van der Waals surface area contributed by atoms with Gasteiger partial charge in [0.25, 0.3) is 0 Å². The fourth-order valence-electron chi connectivity index (χ4n) is 2.38. The molecule has 1 atom stereocenters. The molecular formula is C15H15BrN2OS. The van der Waals surface area contributed by atoms with Gasteiger partial charge in [0.05, 0.1) is 12.6 Å². The Kier molecular flexibility index (Phi) is 4.19. The van der Waals surface area contributed by atoms with E-state index in [2.05, 4.69) is 38.7 Å². The third-order valence-corrected chi connectivity index (χ3v) is 5.44. The quantitative estimate of drug-likeness (QED) is 0.893. The van der Waals surface area contributed by atoms with Crippen molar-refractivity contribution in [3.05, 3.63) is 56.2 Å². The number of carbonyl (C=O) groups is 1. The average Bonchev–Trinajstić information content (AvgIpc) is 2.89. The number of rotatable bonds is 3. The van der Waals surface area contributed by atoms with E-state index >= 15 is 0 Å². The Labute approximate surface area is 130 Å². The standard InChI is InChI=1S/C15H15BrN2OS/c16-12-5-6-20-14(12)9-18-15(19)13-7-10-3-1-2-4-11(10)8-17-13/h1-6,13,17H,7-9H2,(H,18,19)/t13-/m1/s1. The first-order chi connectivity index (χ1) is 9.74. The molecule has 1 amide bonds. The summed E-state index contributed by atoms with van der Waals surface area (Å²) in [5, 5.41) is 8.32. The molecule has 0 bridgehead atoms. The number of fused-ring (bicyclic) bond motifs is 1. The maximum atomic E-state index is 12.2. The van der Waals surface area contributed by atoms with Crippen LogP contribution in [0.25, 0.3) is 0 Å². The Hall–Kier alpha value is -1.17. The molecular weight excluding hydrogens is 336 g/mol. The summed E-state index contributed by atoms with van der Waals surface area (Å²) in [6.07, 6.45) is 0.758. The molecule has 0 fully saturated rings. The summed E-state index contributed by atoms with van der Waals surface area (Å²) < 4.78 is 1.06. The third kappa shape index (κ3) is 2.95. The number of hydrogen-bond acceptors (Lipinski definition) is 3. The van der Waals surface area contributed by atoms with Crippen molar-refractivity contribution in [2.45, 2.75) is 25.6 Å². The first-order valence-electron chi connectivity index (χ1n) is 6.54. The SMILES string of the molecule is O=C(NCc1sccc1Br)[C@H]1Cc2ccccc2CN1. The van der Waals surface area contributed by atoms with Gasteiger partial charge >= 0.3 is 0 Å². The van der Waals surface area contributed by atoms with E-state index in [1.165, 1.54) is 11.1 Å². The van der Waals surface area contributed by atoms with Crippen LogP contribution < -0.4 is 10.6 Å². The summed E-state index contributed by atoms with van der Waals surface area (Å²) in [6, 6.07) is 10.1. The first-order valence-corrected chi connectivity index (χ1v) is 8.21. The zero-order chi connectivity index (χ0) is 13.9. The average molecular weight is 351 g/mol. The van der Waals surface area contributed by atoms with E-state index < -0.39 is 0 Å². The Morgan fingerprint density at radius 3 is 2.90 bits per heavy atom. The van der Waals surface area contributed by atoms with Crippen LogP contribution in [0.1, 0.15) is 16.0 Å². The van der Waals surface area contributed by atoms with Crippen LogP contribution in [-0.2, 0) is 24.3 Å². The highest BCUT2D eigenvalue weighted by molar-refractivity contribution is 9.10. The van der Waals surface area contributed by atoms with Crippen LogP contribution in [-0.4, -0.2) is 11.9 Å². The number of halogens is 1. The lowest BCUT2D eigenvalue weighted by Crippen LogP contribution is -2.47. The van der Waals surface area contributed by atoms with Gasteiger partial charge in [0.1, 0.15) is 0 Å². The van der Waals surface area contributed by atoms with Crippen molar-refractivity contribution >= 4 is 33.2 Å². The highest BCUT2D eigenvalue weighted by atomic mass is 79.9. The van der Waals surface area contributed by atoms with Gasteiger partial charge in [0.2, 0.25) is 5.91 Å². The third-order valence-electron chi connectivity index (χ3n) is 3.51. The number of benzene rings is 1. The van der Waals surface area contributed by atoms with E-state index in [9.17, 15) is 4.79 Å². The van der Waals surface area contributed by atoms with Gasteiger partial charge in [-0.15, -0.1) is 11.3 Å². The summed E-state index contributed by atoms with van der Waals surface area (Å²) in [5.74, 6) is 0.0693. The fraction of sp³-hybridized carbons (Fsp3) is 0.267. The molecule has 0 spiro atoms. The zero-order valence-corrected chi connectivity index (χ0v) is 13.3. The van der Waals surface area contributed by atoms with Crippen LogP contribution in [0.4, 0.5) is 0 Å². The second kappa shape index (κ2) is 6.08. The van der Waals surface area contributed by atoms with Gasteiger partial charge in [-0.3, -0.25) is 4.79 Å². The lowest BCUT2D eigenvalue weighted by Gasteiger charge is -2.25. The fourth-order valence-corrected chi connectivity index (χ4v) is 3.81. The molecule has 1 aliphatic rings. The number of carbonyl (C=O) groups excluding carboxylic acids is 1. The van der Waals surface area contributed by atoms with Crippen molar-refractivity contribution < 1.29 is 4.79 Å². The smallest absolute Gasteiger partial charge is 0.237 e. The van der Waals surface area contributed by atoms with E-state index in [1.807, 2.05) is 23.6 Å². The second-order valence-electron chi connectivity index (χ2n) is 4.82. The molecule has 0 radical (unpaired) electrons. The van der Waals surface area contributed by atoms with Crippen molar-refractivity contribution in [1.82, 2.24) is 10.6 Å². The minimum atomic E-state index is -0.136. The molecule has 0 saturated carbocycles. The first kappa shape index (κ1) is 13.8. The zero-order valence-electron chi connectivity index (χ0n) is 10.9. The summed E-state index contributed by atoms with van der Waals surface area (Å²) in [7, 11) is 0. The predicted octanol–water partition coefficient (Wildman–Crippen LogP) is 2.84. The van der Waals surface area contributed by atoms with Crippen LogP contribution in [0.5, 0.6) is 0 Å². The molecule has 0 aliphatic carbocycles. The van der Waals surface area contributed by atoms with Gasteiger partial charge in [-0.05, 0) is 44.9 Å². The molecule has 2 aromatic rings. The number of hydrogen-bond donors (Lipinski definition) is 2. The van der Waals surface area contributed by atoms with Crippen LogP contribution >= 0.6 is 27.3 Å². The van der Waals surface area contributed by atoms with Gasteiger partial charge in [-0.25, -0.2) is 0 Å². The second-order valence-corrected chi connectivity index (χ2v) is 6.67. The molecule has 1 aliphatic heterocycles. The van der Waals surface area contributed by atoms with Gasteiger partial charge in [0.15, 0.2) is 0 Å². The van der Waals surface area contributed by atoms with Crippen molar-refractivity contribution in [3.8, 4) is 0 Å². The topological polar surface area (TPSA) is 41.1 Å². The molecule has 3 nitrogen and oxygen atoms in total. The van der Waals surface area contributed by atoms with Crippen LogP contribution in [0.15, 0.2) is 40.2 Å². The largest absolute Gasteiger partial charge is 0.350 e. The molecule has 0 unspecified atom stereocenters. The predicted molar refractivity (Wildman–Crippen MR) is 84.6 cm³/mol. The van der Waals surface area contributed by atoms with E-state index in [1.54, 1.807) is 11.3 Å². The molecule has 0 saturated heterocycles. The van der Waals surface area contributed by atoms with Gasteiger partial charge in [-0.1, -0.05) is 24.3 Å². The summed E-state index contributed by atoms with van der Waals surface area (Å²) in [6.45, 7) is 1.34. The lowest BCUT2D eigenvalue weighted by atomic mass is 9.95. The number of nitrogens with one attached hydrogen (secondary N) is 2. The van der Waals surface area contributed by atoms with Crippen molar-refractivity contribution in [2.24, 2.45) is 0 Å². The summed E-state index contributed by atoms with van der Waals surface area (Å²) in [4.78, 5) is 13.4. The summed E-state index contributed by atoms with van der Waals surface area (Å²) >= 11 is 5.12. The van der Waals surface area contributed by atoms with Gasteiger partial charge in [0, 0.05) is 15.9 Å². The van der Waals surface area contributed by atoms with E-state index in [0.717, 1.165) is 22.3 Å².